The van der Waals surface area contributed by atoms with Gasteiger partial charge in [-0.25, -0.2) is 0 Å². The van der Waals surface area contributed by atoms with Crippen molar-refractivity contribution in [2.24, 2.45) is 0 Å². The largest absolute Gasteiger partial charge is 0.493 e. The van der Waals surface area contributed by atoms with Gasteiger partial charge in [0, 0.05) is 31.8 Å². The third-order valence-corrected chi connectivity index (χ3v) is 4.72. The van der Waals surface area contributed by atoms with Crippen LogP contribution in [0.5, 0.6) is 17.2 Å². The quantitative estimate of drug-likeness (QED) is 0.577. The summed E-state index contributed by atoms with van der Waals surface area (Å²) in [5.41, 5.74) is 0.466. The summed E-state index contributed by atoms with van der Waals surface area (Å²) in [6, 6.07) is 3.32. The molecule has 0 aromatic heterocycles. The number of benzene rings is 1. The number of methoxy groups -OCH3 is 4. The lowest BCUT2D eigenvalue weighted by Gasteiger charge is -2.32. The van der Waals surface area contributed by atoms with E-state index in [-0.39, 0.29) is 24.5 Å². The van der Waals surface area contributed by atoms with Crippen LogP contribution in [-0.2, 0) is 14.3 Å². The van der Waals surface area contributed by atoms with Gasteiger partial charge in [0.15, 0.2) is 11.5 Å². The smallest absolute Gasteiger partial charge is 0.254 e. The van der Waals surface area contributed by atoms with Gasteiger partial charge in [0.2, 0.25) is 11.7 Å². The Balaban J connectivity index is 1.91. The molecule has 0 radical (unpaired) electrons. The van der Waals surface area contributed by atoms with Crippen LogP contribution in [0.25, 0.3) is 0 Å². The summed E-state index contributed by atoms with van der Waals surface area (Å²) in [7, 11) is 6.12. The fourth-order valence-corrected chi connectivity index (χ4v) is 3.19. The number of nitrogens with one attached hydrogen (secondary N) is 1. The van der Waals surface area contributed by atoms with E-state index in [0.717, 1.165) is 0 Å². The molecule has 2 amide bonds. The van der Waals surface area contributed by atoms with Crippen LogP contribution in [0.2, 0.25) is 0 Å². The molecule has 0 spiro atoms. The number of likely N-dealkylation sites (tertiary alicyclic amines) is 1. The summed E-state index contributed by atoms with van der Waals surface area (Å²) in [4.78, 5) is 26.6. The number of amides is 2. The fourth-order valence-electron chi connectivity index (χ4n) is 3.19. The van der Waals surface area contributed by atoms with Gasteiger partial charge in [-0.3, -0.25) is 9.59 Å². The molecule has 1 fully saturated rings. The molecule has 0 aliphatic carbocycles. The minimum absolute atomic E-state index is 0.00788. The Labute approximate surface area is 171 Å². The first kappa shape index (κ1) is 22.8. The Kier molecular flexibility index (Phi) is 9.01. The van der Waals surface area contributed by atoms with Gasteiger partial charge in [0.25, 0.3) is 5.91 Å². The molecule has 1 aromatic carbocycles. The van der Waals surface area contributed by atoms with E-state index in [0.29, 0.717) is 62.0 Å². The van der Waals surface area contributed by atoms with Gasteiger partial charge < -0.3 is 33.9 Å². The van der Waals surface area contributed by atoms with Gasteiger partial charge in [-0.05, 0) is 25.0 Å². The van der Waals surface area contributed by atoms with Crippen molar-refractivity contribution in [3.05, 3.63) is 17.7 Å². The first-order valence-corrected chi connectivity index (χ1v) is 9.49. The summed E-state index contributed by atoms with van der Waals surface area (Å²) < 4.78 is 26.0. The van der Waals surface area contributed by atoms with Crippen molar-refractivity contribution >= 4 is 11.8 Å². The van der Waals surface area contributed by atoms with Crippen LogP contribution < -0.4 is 19.5 Å². The molecule has 2 rings (SSSR count). The zero-order chi connectivity index (χ0) is 21.2. The predicted molar refractivity (Wildman–Crippen MR) is 106 cm³/mol. The monoisotopic (exact) mass is 410 g/mol. The van der Waals surface area contributed by atoms with Crippen molar-refractivity contribution in [3.8, 4) is 17.2 Å². The first-order valence-electron chi connectivity index (χ1n) is 9.49. The number of piperidine rings is 1. The third kappa shape index (κ3) is 6.23. The van der Waals surface area contributed by atoms with Crippen LogP contribution >= 0.6 is 0 Å². The van der Waals surface area contributed by atoms with E-state index in [1.807, 2.05) is 0 Å². The second-order valence-corrected chi connectivity index (χ2v) is 6.59. The van der Waals surface area contributed by atoms with Crippen molar-refractivity contribution in [2.45, 2.75) is 18.9 Å². The molecule has 0 bridgehead atoms. The lowest BCUT2D eigenvalue weighted by molar-refractivity contribution is -0.127. The lowest BCUT2D eigenvalue weighted by Crippen LogP contribution is -2.47. The summed E-state index contributed by atoms with van der Waals surface area (Å²) >= 11 is 0. The highest BCUT2D eigenvalue weighted by Crippen LogP contribution is 2.38. The minimum Gasteiger partial charge on any atom is -0.493 e. The molecular formula is C20H30N2O7. The van der Waals surface area contributed by atoms with Crippen molar-refractivity contribution < 1.29 is 33.3 Å². The van der Waals surface area contributed by atoms with Crippen LogP contribution in [0.1, 0.15) is 23.2 Å². The maximum Gasteiger partial charge on any atom is 0.254 e. The topological polar surface area (TPSA) is 95.6 Å². The molecule has 0 unspecified atom stereocenters. The van der Waals surface area contributed by atoms with Gasteiger partial charge in [0.1, 0.15) is 6.61 Å². The lowest BCUT2D eigenvalue weighted by atomic mass is 10.0. The number of hydrogen-bond acceptors (Lipinski definition) is 7. The van der Waals surface area contributed by atoms with Gasteiger partial charge in [-0.2, -0.15) is 0 Å². The molecule has 1 saturated heterocycles. The number of carbonyl (C=O) groups excluding carboxylic acids is 2. The molecule has 9 heteroatoms. The molecule has 29 heavy (non-hydrogen) atoms. The Morgan fingerprint density at radius 3 is 2.14 bits per heavy atom. The van der Waals surface area contributed by atoms with Gasteiger partial charge in [-0.1, -0.05) is 0 Å². The maximum atomic E-state index is 12.9. The van der Waals surface area contributed by atoms with Gasteiger partial charge in [-0.15, -0.1) is 0 Å². The number of nitrogens with zero attached hydrogens (tertiary/aromatic N) is 1. The van der Waals surface area contributed by atoms with Gasteiger partial charge >= 0.3 is 0 Å². The van der Waals surface area contributed by atoms with Crippen molar-refractivity contribution in [1.82, 2.24) is 10.2 Å². The summed E-state index contributed by atoms with van der Waals surface area (Å²) in [5.74, 6) is 1.05. The molecule has 1 aliphatic heterocycles. The zero-order valence-electron chi connectivity index (χ0n) is 17.5. The van der Waals surface area contributed by atoms with Crippen LogP contribution in [0.4, 0.5) is 0 Å². The highest BCUT2D eigenvalue weighted by molar-refractivity contribution is 5.95. The van der Waals surface area contributed by atoms with E-state index in [1.165, 1.54) is 21.3 Å². The van der Waals surface area contributed by atoms with Gasteiger partial charge in [0.05, 0.1) is 34.5 Å². The van der Waals surface area contributed by atoms with Crippen LogP contribution in [0, 0.1) is 0 Å². The molecule has 0 atom stereocenters. The second-order valence-electron chi connectivity index (χ2n) is 6.59. The molecular weight excluding hydrogens is 380 g/mol. The van der Waals surface area contributed by atoms with Crippen LogP contribution in [0.15, 0.2) is 12.1 Å². The van der Waals surface area contributed by atoms with Crippen LogP contribution in [-0.4, -0.2) is 84.1 Å². The third-order valence-electron chi connectivity index (χ3n) is 4.72. The fraction of sp³-hybridized carbons (Fsp3) is 0.600. The van der Waals surface area contributed by atoms with E-state index in [2.05, 4.69) is 5.32 Å². The highest BCUT2D eigenvalue weighted by Gasteiger charge is 2.26. The summed E-state index contributed by atoms with van der Waals surface area (Å²) in [6.07, 6.45) is 1.36. The Morgan fingerprint density at radius 1 is 1.00 bits per heavy atom. The molecule has 1 heterocycles. The van der Waals surface area contributed by atoms with E-state index >= 15 is 0 Å². The predicted octanol–water partition coefficient (Wildman–Crippen LogP) is 1.10. The summed E-state index contributed by atoms with van der Waals surface area (Å²) in [5, 5.41) is 2.95. The SMILES string of the molecule is COCCOCC(=O)NC1CCN(C(=O)c2cc(OC)c(OC)c(OC)c2)CC1. The number of ether oxygens (including phenoxy) is 5. The van der Waals surface area contributed by atoms with E-state index in [1.54, 1.807) is 24.1 Å². The van der Waals surface area contributed by atoms with Crippen molar-refractivity contribution in [2.75, 3.05) is 61.3 Å². The molecule has 1 N–H and O–H groups in total. The molecule has 162 valence electrons. The van der Waals surface area contributed by atoms with E-state index in [9.17, 15) is 9.59 Å². The molecule has 1 aliphatic rings. The second kappa shape index (κ2) is 11.5. The van der Waals surface area contributed by atoms with Crippen molar-refractivity contribution in [1.29, 1.82) is 0 Å². The molecule has 9 nitrogen and oxygen atoms in total. The first-order chi connectivity index (χ1) is 14.0. The maximum absolute atomic E-state index is 12.9. The Hall–Kier alpha value is -2.52. The average Bonchev–Trinajstić information content (AvgIpc) is 2.75. The highest BCUT2D eigenvalue weighted by atomic mass is 16.5. The standard InChI is InChI=1S/C20H30N2O7/c1-25-9-10-29-13-18(23)21-15-5-7-22(8-6-15)20(24)14-11-16(26-2)19(28-4)17(12-14)27-3/h11-12,15H,5-10,13H2,1-4H3,(H,21,23). The van der Waals surface area contributed by atoms with E-state index in [4.69, 9.17) is 23.7 Å². The van der Waals surface area contributed by atoms with Crippen LogP contribution in [0.3, 0.4) is 0 Å². The molecule has 0 saturated carbocycles. The zero-order valence-corrected chi connectivity index (χ0v) is 17.5. The number of carbonyl (C=O) groups is 2. The summed E-state index contributed by atoms with van der Waals surface area (Å²) in [6.45, 7) is 1.93. The normalized spacial score (nSPS) is 14.4. The Bertz CT molecular complexity index is 662. The average molecular weight is 410 g/mol. The van der Waals surface area contributed by atoms with E-state index < -0.39 is 0 Å². The minimum atomic E-state index is -0.157. The number of rotatable bonds is 10. The Morgan fingerprint density at radius 2 is 1.62 bits per heavy atom. The number of hydrogen-bond donors (Lipinski definition) is 1. The van der Waals surface area contributed by atoms with Crippen molar-refractivity contribution in [3.63, 3.8) is 0 Å². The molecule has 1 aromatic rings.